The van der Waals surface area contributed by atoms with Crippen LogP contribution in [0.4, 0.5) is 4.79 Å². The lowest BCUT2D eigenvalue weighted by Gasteiger charge is -2.21. The summed E-state index contributed by atoms with van der Waals surface area (Å²) < 4.78 is 5.29. The van der Waals surface area contributed by atoms with Crippen LogP contribution >= 0.6 is 0 Å². The van der Waals surface area contributed by atoms with Crippen LogP contribution in [0.25, 0.3) is 0 Å². The Hall–Kier alpha value is -2.04. The molecule has 0 spiro atoms. The number of para-hydroxylation sites is 1. The number of carbonyl (C=O) groups is 1. The molecule has 2 rings (SSSR count). The number of hydrogen-bond donors (Lipinski definition) is 2. The maximum Gasteiger partial charge on any atom is 0.415 e. The quantitative estimate of drug-likeness (QED) is 0.616. The zero-order valence-electron chi connectivity index (χ0n) is 10.1. The van der Waals surface area contributed by atoms with Gasteiger partial charge in [0.05, 0.1) is 5.84 Å². The second kappa shape index (κ2) is 5.53. The van der Waals surface area contributed by atoms with Crippen molar-refractivity contribution in [3.05, 3.63) is 30.3 Å². The smallest absolute Gasteiger partial charge is 0.410 e. The molecule has 5 heteroatoms. The average molecular weight is 247 g/mol. The van der Waals surface area contributed by atoms with Crippen molar-refractivity contribution in [2.75, 3.05) is 6.54 Å². The Labute approximate surface area is 106 Å². The molecular formula is C13H17N3O2. The molecule has 1 amide bonds. The predicted molar refractivity (Wildman–Crippen MR) is 68.7 cm³/mol. The number of nitrogens with zero attached hydrogens (tertiary/aromatic N) is 1. The van der Waals surface area contributed by atoms with E-state index in [0.29, 0.717) is 18.7 Å². The van der Waals surface area contributed by atoms with Crippen molar-refractivity contribution in [3.8, 4) is 5.75 Å². The van der Waals surface area contributed by atoms with Gasteiger partial charge in [-0.05, 0) is 25.0 Å². The van der Waals surface area contributed by atoms with E-state index in [2.05, 4.69) is 0 Å². The summed E-state index contributed by atoms with van der Waals surface area (Å²) in [6.07, 6.45) is 2.04. The van der Waals surface area contributed by atoms with E-state index < -0.39 is 0 Å². The van der Waals surface area contributed by atoms with Crippen molar-refractivity contribution in [1.82, 2.24) is 4.90 Å². The highest BCUT2D eigenvalue weighted by molar-refractivity contribution is 5.78. The minimum atomic E-state index is -0.357. The van der Waals surface area contributed by atoms with Gasteiger partial charge in [0.15, 0.2) is 0 Å². The van der Waals surface area contributed by atoms with Crippen LogP contribution in [-0.2, 0) is 0 Å². The molecule has 5 nitrogen and oxygen atoms in total. The third-order valence-corrected chi connectivity index (χ3v) is 2.79. The highest BCUT2D eigenvalue weighted by Crippen LogP contribution is 2.27. The van der Waals surface area contributed by atoms with E-state index in [0.717, 1.165) is 12.8 Å². The monoisotopic (exact) mass is 247 g/mol. The molecule has 3 N–H and O–H groups in total. The number of amidine groups is 1. The number of benzene rings is 1. The molecule has 96 valence electrons. The van der Waals surface area contributed by atoms with Gasteiger partial charge in [-0.2, -0.15) is 0 Å². The standard InChI is InChI=1S/C13H17N3O2/c14-12(15)8-9-16(10-6-7-10)13(17)18-11-4-2-1-3-5-11/h1-5,10H,6-9H2,(H3,14,15). The van der Waals surface area contributed by atoms with E-state index in [-0.39, 0.29) is 18.0 Å². The molecular weight excluding hydrogens is 230 g/mol. The molecule has 0 saturated heterocycles. The lowest BCUT2D eigenvalue weighted by atomic mass is 10.3. The Morgan fingerprint density at radius 3 is 2.61 bits per heavy atom. The maximum atomic E-state index is 12.0. The number of carbonyl (C=O) groups excluding carboxylic acids is 1. The van der Waals surface area contributed by atoms with E-state index >= 15 is 0 Å². The first-order chi connectivity index (χ1) is 8.66. The lowest BCUT2D eigenvalue weighted by molar-refractivity contribution is 0.150. The third-order valence-electron chi connectivity index (χ3n) is 2.79. The van der Waals surface area contributed by atoms with Gasteiger partial charge in [-0.3, -0.25) is 5.41 Å². The van der Waals surface area contributed by atoms with Crippen LogP contribution in [0.5, 0.6) is 5.75 Å². The van der Waals surface area contributed by atoms with Gasteiger partial charge < -0.3 is 15.4 Å². The van der Waals surface area contributed by atoms with E-state index in [9.17, 15) is 4.79 Å². The minimum Gasteiger partial charge on any atom is -0.410 e. The molecule has 0 aromatic heterocycles. The van der Waals surface area contributed by atoms with Crippen LogP contribution in [-0.4, -0.2) is 29.4 Å². The number of amides is 1. The second-order valence-corrected chi connectivity index (χ2v) is 4.38. The number of hydrogen-bond acceptors (Lipinski definition) is 3. The number of ether oxygens (including phenoxy) is 1. The topological polar surface area (TPSA) is 79.4 Å². The molecule has 1 aromatic carbocycles. The van der Waals surface area contributed by atoms with Crippen molar-refractivity contribution in [3.63, 3.8) is 0 Å². The Bertz CT molecular complexity index is 429. The fourth-order valence-corrected chi connectivity index (χ4v) is 1.70. The van der Waals surface area contributed by atoms with E-state index in [1.54, 1.807) is 17.0 Å². The number of nitrogens with two attached hydrogens (primary N) is 1. The minimum absolute atomic E-state index is 0.0909. The van der Waals surface area contributed by atoms with Crippen molar-refractivity contribution in [2.24, 2.45) is 5.73 Å². The summed E-state index contributed by atoms with van der Waals surface area (Å²) in [5.41, 5.74) is 5.32. The largest absolute Gasteiger partial charge is 0.415 e. The zero-order chi connectivity index (χ0) is 13.0. The molecule has 1 aromatic rings. The Morgan fingerprint density at radius 2 is 2.06 bits per heavy atom. The first kappa shape index (κ1) is 12.4. The highest BCUT2D eigenvalue weighted by Gasteiger charge is 2.33. The Morgan fingerprint density at radius 1 is 1.39 bits per heavy atom. The lowest BCUT2D eigenvalue weighted by Crippen LogP contribution is -2.37. The Kier molecular flexibility index (Phi) is 3.82. The summed E-state index contributed by atoms with van der Waals surface area (Å²) in [5, 5.41) is 7.21. The van der Waals surface area contributed by atoms with Crippen LogP contribution in [0.2, 0.25) is 0 Å². The summed E-state index contributed by atoms with van der Waals surface area (Å²) in [6, 6.07) is 9.24. The van der Waals surface area contributed by atoms with Crippen LogP contribution in [0.1, 0.15) is 19.3 Å². The van der Waals surface area contributed by atoms with E-state index in [1.807, 2.05) is 18.2 Å². The van der Waals surface area contributed by atoms with Crippen LogP contribution in [0.15, 0.2) is 30.3 Å². The molecule has 1 aliphatic carbocycles. The predicted octanol–water partition coefficient (Wildman–Crippen LogP) is 1.98. The van der Waals surface area contributed by atoms with Gasteiger partial charge in [0.1, 0.15) is 5.75 Å². The van der Waals surface area contributed by atoms with Gasteiger partial charge in [0.25, 0.3) is 0 Å². The number of rotatable bonds is 5. The summed E-state index contributed by atoms with van der Waals surface area (Å²) >= 11 is 0. The maximum absolute atomic E-state index is 12.0. The van der Waals surface area contributed by atoms with Gasteiger partial charge in [-0.15, -0.1) is 0 Å². The highest BCUT2D eigenvalue weighted by atomic mass is 16.6. The molecule has 1 saturated carbocycles. The molecule has 0 atom stereocenters. The van der Waals surface area contributed by atoms with Crippen LogP contribution in [0.3, 0.4) is 0 Å². The summed E-state index contributed by atoms with van der Waals surface area (Å²) in [7, 11) is 0. The van der Waals surface area contributed by atoms with Crippen molar-refractivity contribution in [1.29, 1.82) is 5.41 Å². The zero-order valence-corrected chi connectivity index (χ0v) is 10.1. The van der Waals surface area contributed by atoms with Crippen molar-refractivity contribution < 1.29 is 9.53 Å². The van der Waals surface area contributed by atoms with Gasteiger partial charge in [0.2, 0.25) is 0 Å². The van der Waals surface area contributed by atoms with Gasteiger partial charge in [0, 0.05) is 19.0 Å². The first-order valence-electron chi connectivity index (χ1n) is 6.03. The SMILES string of the molecule is N=C(N)CCN(C(=O)Oc1ccccc1)C1CC1. The van der Waals surface area contributed by atoms with Crippen molar-refractivity contribution >= 4 is 11.9 Å². The fourth-order valence-electron chi connectivity index (χ4n) is 1.70. The molecule has 18 heavy (non-hydrogen) atoms. The first-order valence-corrected chi connectivity index (χ1v) is 6.03. The normalized spacial score (nSPS) is 14.0. The molecule has 0 heterocycles. The summed E-state index contributed by atoms with van der Waals surface area (Å²) in [4.78, 5) is 13.7. The van der Waals surface area contributed by atoms with Crippen LogP contribution < -0.4 is 10.5 Å². The van der Waals surface area contributed by atoms with E-state index in [1.165, 1.54) is 0 Å². The van der Waals surface area contributed by atoms with Gasteiger partial charge in [-0.1, -0.05) is 18.2 Å². The van der Waals surface area contributed by atoms with Gasteiger partial charge >= 0.3 is 6.09 Å². The number of nitrogens with one attached hydrogen (secondary N) is 1. The second-order valence-electron chi connectivity index (χ2n) is 4.38. The molecule has 0 aliphatic heterocycles. The fraction of sp³-hybridized carbons (Fsp3) is 0.385. The third kappa shape index (κ3) is 3.48. The summed E-state index contributed by atoms with van der Waals surface area (Å²) in [5.74, 6) is 0.629. The summed E-state index contributed by atoms with van der Waals surface area (Å²) in [6.45, 7) is 0.450. The molecule has 0 radical (unpaired) electrons. The molecule has 1 aliphatic rings. The average Bonchev–Trinajstić information content (AvgIpc) is 3.14. The van der Waals surface area contributed by atoms with Crippen LogP contribution in [0, 0.1) is 5.41 Å². The molecule has 0 bridgehead atoms. The Balaban J connectivity index is 1.93. The van der Waals surface area contributed by atoms with E-state index in [4.69, 9.17) is 15.9 Å². The van der Waals surface area contributed by atoms with Gasteiger partial charge in [-0.25, -0.2) is 4.79 Å². The molecule has 1 fully saturated rings. The van der Waals surface area contributed by atoms with Crippen molar-refractivity contribution in [2.45, 2.75) is 25.3 Å². The molecule has 0 unspecified atom stereocenters.